The molecule has 0 bridgehead atoms. The second kappa shape index (κ2) is 11.0. The summed E-state index contributed by atoms with van der Waals surface area (Å²) in [7, 11) is 1.84. The van der Waals surface area contributed by atoms with E-state index in [0.717, 1.165) is 18.1 Å². The Morgan fingerprint density at radius 3 is 2.48 bits per heavy atom. The van der Waals surface area contributed by atoms with Gasteiger partial charge in [0.05, 0.1) is 6.54 Å². The third kappa shape index (κ3) is 7.52. The molecule has 2 aromatic carbocycles. The largest absolute Gasteiger partial charge is 0.357 e. The minimum atomic E-state index is 0.112. The first-order valence-corrected chi connectivity index (χ1v) is 9.44. The summed E-state index contributed by atoms with van der Waals surface area (Å²) in [6.07, 6.45) is 0.429. The second-order valence-corrected chi connectivity index (χ2v) is 6.60. The highest BCUT2D eigenvalue weighted by Gasteiger charge is 2.09. The van der Waals surface area contributed by atoms with E-state index in [1.807, 2.05) is 50.4 Å². The number of hydrogen-bond acceptors (Lipinski definition) is 2. The van der Waals surface area contributed by atoms with Gasteiger partial charge in [-0.25, -0.2) is 4.99 Å². The van der Waals surface area contributed by atoms with E-state index in [2.05, 4.69) is 40.7 Å². The van der Waals surface area contributed by atoms with Crippen LogP contribution in [0.4, 0.5) is 0 Å². The summed E-state index contributed by atoms with van der Waals surface area (Å²) in [6, 6.07) is 18.3. The Hall–Kier alpha value is -2.82. The van der Waals surface area contributed by atoms with Crippen LogP contribution in [0.2, 0.25) is 0 Å². The van der Waals surface area contributed by atoms with Crippen LogP contribution in [-0.2, 0) is 17.9 Å². The fraction of sp³-hybridized carbons (Fsp3) is 0.364. The first kappa shape index (κ1) is 20.5. The van der Waals surface area contributed by atoms with Crippen molar-refractivity contribution < 1.29 is 4.79 Å². The number of rotatable bonds is 8. The number of carbonyl (C=O) groups is 1. The second-order valence-electron chi connectivity index (χ2n) is 6.60. The molecule has 2 aromatic rings. The van der Waals surface area contributed by atoms with E-state index in [1.165, 1.54) is 11.1 Å². The summed E-state index contributed by atoms with van der Waals surface area (Å²) in [4.78, 5) is 18.7. The Bertz CT molecular complexity index is 743. The molecular formula is C22H30N4O. The van der Waals surface area contributed by atoms with Crippen molar-refractivity contribution >= 4 is 11.9 Å². The smallest absolute Gasteiger partial charge is 0.224 e. The third-order valence-corrected chi connectivity index (χ3v) is 4.17. The number of nitrogens with zero attached hydrogens (tertiary/aromatic N) is 2. The van der Waals surface area contributed by atoms with E-state index >= 15 is 0 Å². The summed E-state index contributed by atoms with van der Waals surface area (Å²) >= 11 is 0. The van der Waals surface area contributed by atoms with Crippen LogP contribution in [0.15, 0.2) is 59.6 Å². The number of nitrogens with one attached hydrogen (secondary N) is 2. The van der Waals surface area contributed by atoms with Crippen molar-refractivity contribution in [1.29, 1.82) is 0 Å². The van der Waals surface area contributed by atoms with Crippen molar-refractivity contribution in [2.45, 2.75) is 33.4 Å². The summed E-state index contributed by atoms with van der Waals surface area (Å²) in [5, 5.41) is 6.47. The van der Waals surface area contributed by atoms with E-state index in [0.29, 0.717) is 26.1 Å². The number of aryl methyl sites for hydroxylation is 1. The maximum Gasteiger partial charge on any atom is 0.224 e. The average molecular weight is 367 g/mol. The normalized spacial score (nSPS) is 11.1. The van der Waals surface area contributed by atoms with Crippen LogP contribution in [0.1, 0.15) is 30.0 Å². The lowest BCUT2D eigenvalue weighted by atomic mass is 10.1. The number of aliphatic imine (C=N–C) groups is 1. The topological polar surface area (TPSA) is 56.7 Å². The van der Waals surface area contributed by atoms with Gasteiger partial charge in [-0.3, -0.25) is 4.79 Å². The number of benzene rings is 2. The maximum absolute atomic E-state index is 12.3. The van der Waals surface area contributed by atoms with Gasteiger partial charge in [-0.2, -0.15) is 0 Å². The van der Waals surface area contributed by atoms with Gasteiger partial charge in [0.2, 0.25) is 5.91 Å². The van der Waals surface area contributed by atoms with Gasteiger partial charge in [0.25, 0.3) is 0 Å². The van der Waals surface area contributed by atoms with Crippen LogP contribution in [0.25, 0.3) is 0 Å². The Morgan fingerprint density at radius 2 is 1.78 bits per heavy atom. The van der Waals surface area contributed by atoms with Gasteiger partial charge in [-0.1, -0.05) is 60.2 Å². The fourth-order valence-corrected chi connectivity index (χ4v) is 2.75. The van der Waals surface area contributed by atoms with Crippen LogP contribution in [0.5, 0.6) is 0 Å². The number of amides is 1. The van der Waals surface area contributed by atoms with Gasteiger partial charge in [0.1, 0.15) is 0 Å². The Labute approximate surface area is 162 Å². The molecule has 2 rings (SSSR count). The van der Waals surface area contributed by atoms with E-state index in [4.69, 9.17) is 0 Å². The summed E-state index contributed by atoms with van der Waals surface area (Å²) < 4.78 is 0. The highest BCUT2D eigenvalue weighted by atomic mass is 16.2. The molecule has 0 aromatic heterocycles. The van der Waals surface area contributed by atoms with Crippen molar-refractivity contribution in [1.82, 2.24) is 15.5 Å². The molecule has 0 radical (unpaired) electrons. The lowest BCUT2D eigenvalue weighted by molar-refractivity contribution is -0.130. The Balaban J connectivity index is 1.80. The molecule has 5 heteroatoms. The molecule has 1 amide bonds. The molecule has 0 unspecified atom stereocenters. The lowest BCUT2D eigenvalue weighted by Gasteiger charge is -2.18. The van der Waals surface area contributed by atoms with Gasteiger partial charge < -0.3 is 15.5 Å². The highest BCUT2D eigenvalue weighted by molar-refractivity contribution is 5.81. The summed E-state index contributed by atoms with van der Waals surface area (Å²) in [6.45, 7) is 6.68. The summed E-state index contributed by atoms with van der Waals surface area (Å²) in [5.74, 6) is 0.846. The Morgan fingerprint density at radius 1 is 1.04 bits per heavy atom. The molecule has 0 atom stereocenters. The van der Waals surface area contributed by atoms with Crippen molar-refractivity contribution in [3.8, 4) is 0 Å². The van der Waals surface area contributed by atoms with Gasteiger partial charge in [-0.05, 0) is 25.0 Å². The van der Waals surface area contributed by atoms with Gasteiger partial charge in [0.15, 0.2) is 5.96 Å². The quantitative estimate of drug-likeness (QED) is 0.558. The molecule has 0 spiro atoms. The van der Waals surface area contributed by atoms with Gasteiger partial charge in [-0.15, -0.1) is 0 Å². The van der Waals surface area contributed by atoms with Crippen LogP contribution in [0, 0.1) is 6.92 Å². The predicted octanol–water partition coefficient (Wildman–Crippen LogP) is 3.10. The number of carbonyl (C=O) groups excluding carboxylic acids is 1. The zero-order valence-corrected chi connectivity index (χ0v) is 16.5. The van der Waals surface area contributed by atoms with Crippen molar-refractivity contribution in [2.24, 2.45) is 4.99 Å². The molecule has 2 N–H and O–H groups in total. The van der Waals surface area contributed by atoms with Crippen LogP contribution >= 0.6 is 0 Å². The molecule has 144 valence electrons. The van der Waals surface area contributed by atoms with E-state index in [9.17, 15) is 4.79 Å². The first-order chi connectivity index (χ1) is 13.1. The zero-order chi connectivity index (χ0) is 19.5. The van der Waals surface area contributed by atoms with E-state index < -0.39 is 0 Å². The molecule has 0 saturated heterocycles. The van der Waals surface area contributed by atoms with E-state index in [-0.39, 0.29) is 5.91 Å². The fourth-order valence-electron chi connectivity index (χ4n) is 2.75. The third-order valence-electron chi connectivity index (χ3n) is 4.17. The number of hydrogen-bond donors (Lipinski definition) is 2. The Kier molecular flexibility index (Phi) is 8.36. The van der Waals surface area contributed by atoms with Crippen molar-refractivity contribution in [3.05, 3.63) is 71.3 Å². The minimum Gasteiger partial charge on any atom is -0.357 e. The highest BCUT2D eigenvalue weighted by Crippen LogP contribution is 2.05. The molecule has 0 saturated carbocycles. The van der Waals surface area contributed by atoms with Crippen LogP contribution < -0.4 is 10.6 Å². The lowest BCUT2D eigenvalue weighted by Crippen LogP contribution is -2.39. The summed E-state index contributed by atoms with van der Waals surface area (Å²) in [5.41, 5.74) is 3.54. The predicted molar refractivity (Wildman–Crippen MR) is 112 cm³/mol. The standard InChI is InChI=1S/C22H30N4O/c1-4-23-22(25-16-20-12-8-9-18(2)15-20)24-14-13-21(27)26(3)17-19-10-6-5-7-11-19/h5-12,15H,4,13-14,16-17H2,1-3H3,(H2,23,24,25). The van der Waals surface area contributed by atoms with Crippen LogP contribution in [-0.4, -0.2) is 36.9 Å². The molecule has 0 aliphatic rings. The monoisotopic (exact) mass is 366 g/mol. The molecule has 27 heavy (non-hydrogen) atoms. The van der Waals surface area contributed by atoms with Crippen LogP contribution in [0.3, 0.4) is 0 Å². The minimum absolute atomic E-state index is 0.112. The maximum atomic E-state index is 12.3. The molecule has 0 heterocycles. The van der Waals surface area contributed by atoms with Gasteiger partial charge in [0, 0.05) is 33.1 Å². The first-order valence-electron chi connectivity index (χ1n) is 9.44. The molecule has 5 nitrogen and oxygen atoms in total. The molecular weight excluding hydrogens is 336 g/mol. The SMILES string of the molecule is CCNC(=NCc1cccc(C)c1)NCCC(=O)N(C)Cc1ccccc1. The van der Waals surface area contributed by atoms with Crippen molar-refractivity contribution in [3.63, 3.8) is 0 Å². The van der Waals surface area contributed by atoms with Crippen molar-refractivity contribution in [2.75, 3.05) is 20.1 Å². The average Bonchev–Trinajstić information content (AvgIpc) is 2.67. The number of guanidine groups is 1. The molecule has 0 aliphatic heterocycles. The zero-order valence-electron chi connectivity index (χ0n) is 16.5. The molecule has 0 fully saturated rings. The molecule has 0 aliphatic carbocycles. The van der Waals surface area contributed by atoms with Gasteiger partial charge >= 0.3 is 0 Å². The van der Waals surface area contributed by atoms with E-state index in [1.54, 1.807) is 4.90 Å².